The summed E-state index contributed by atoms with van der Waals surface area (Å²) in [5.74, 6) is 0.879. The van der Waals surface area contributed by atoms with Gasteiger partial charge >= 0.3 is 0 Å². The van der Waals surface area contributed by atoms with Crippen molar-refractivity contribution in [3.63, 3.8) is 0 Å². The molecule has 1 atom stereocenters. The molecule has 3 heteroatoms. The average molecular weight is 323 g/mol. The van der Waals surface area contributed by atoms with Crippen LogP contribution in [0.4, 0.5) is 0 Å². The smallest absolute Gasteiger partial charge is 0.155 e. The summed E-state index contributed by atoms with van der Waals surface area (Å²) in [5.41, 5.74) is 5.48. The third kappa shape index (κ3) is 2.50. The van der Waals surface area contributed by atoms with Crippen molar-refractivity contribution in [2.75, 3.05) is 0 Å². The minimum atomic E-state index is -0.00826. The van der Waals surface area contributed by atoms with Crippen molar-refractivity contribution < 1.29 is 0 Å². The van der Waals surface area contributed by atoms with Crippen LogP contribution in [0.5, 0.6) is 0 Å². The van der Waals surface area contributed by atoms with Gasteiger partial charge in [-0.1, -0.05) is 72.8 Å². The zero-order valence-electron chi connectivity index (χ0n) is 13.6. The third-order valence-electron chi connectivity index (χ3n) is 4.72. The number of hydrazone groups is 1. The molecule has 5 rings (SSSR count). The maximum atomic E-state index is 4.51. The molecule has 0 amide bonds. The number of nitrogens with one attached hydrogen (secondary N) is 2. The van der Waals surface area contributed by atoms with Crippen LogP contribution in [0.15, 0.2) is 90.0 Å². The molecule has 0 bridgehead atoms. The van der Waals surface area contributed by atoms with E-state index in [4.69, 9.17) is 0 Å². The fourth-order valence-electron chi connectivity index (χ4n) is 3.36. The summed E-state index contributed by atoms with van der Waals surface area (Å²) in [6.07, 6.45) is -0.00826. The molecule has 2 N–H and O–H groups in total. The van der Waals surface area contributed by atoms with Gasteiger partial charge in [-0.2, -0.15) is 5.10 Å². The Balaban J connectivity index is 1.44. The van der Waals surface area contributed by atoms with Crippen LogP contribution in [0.25, 0.3) is 21.5 Å². The van der Waals surface area contributed by atoms with Crippen molar-refractivity contribution in [3.05, 3.63) is 96.1 Å². The summed E-state index contributed by atoms with van der Waals surface area (Å²) in [6, 6.07) is 29.7. The van der Waals surface area contributed by atoms with Crippen LogP contribution in [0, 0.1) is 0 Å². The van der Waals surface area contributed by atoms with E-state index in [0.29, 0.717) is 0 Å². The first-order chi connectivity index (χ1) is 12.4. The Labute approximate surface area is 146 Å². The van der Waals surface area contributed by atoms with Crippen molar-refractivity contribution >= 4 is 27.4 Å². The van der Waals surface area contributed by atoms with Gasteiger partial charge in [-0.3, -0.25) is 5.43 Å². The normalized spacial score (nSPS) is 16.5. The lowest BCUT2D eigenvalue weighted by atomic mass is 10.0. The van der Waals surface area contributed by atoms with E-state index in [1.165, 1.54) is 27.1 Å². The molecule has 1 aliphatic rings. The van der Waals surface area contributed by atoms with E-state index in [9.17, 15) is 0 Å². The fraction of sp³-hybridized carbons (Fsp3) is 0.0455. The maximum Gasteiger partial charge on any atom is 0.155 e. The Morgan fingerprint density at radius 3 is 2.04 bits per heavy atom. The predicted molar refractivity (Wildman–Crippen MR) is 103 cm³/mol. The Morgan fingerprint density at radius 2 is 1.28 bits per heavy atom. The molecular formula is C22H17N3. The van der Waals surface area contributed by atoms with Crippen LogP contribution >= 0.6 is 0 Å². The summed E-state index contributed by atoms with van der Waals surface area (Å²) >= 11 is 0. The molecule has 0 aromatic heterocycles. The van der Waals surface area contributed by atoms with E-state index in [1.54, 1.807) is 0 Å². The number of benzene rings is 4. The van der Waals surface area contributed by atoms with Gasteiger partial charge in [0.05, 0.1) is 0 Å². The summed E-state index contributed by atoms with van der Waals surface area (Å²) in [6.45, 7) is 0. The Kier molecular flexibility index (Phi) is 3.17. The number of rotatable bonds is 2. The highest BCUT2D eigenvalue weighted by atomic mass is 15.4. The quantitative estimate of drug-likeness (QED) is 0.568. The summed E-state index contributed by atoms with van der Waals surface area (Å²) in [7, 11) is 0. The van der Waals surface area contributed by atoms with Crippen LogP contribution in [-0.2, 0) is 0 Å². The van der Waals surface area contributed by atoms with Crippen LogP contribution < -0.4 is 10.7 Å². The maximum absolute atomic E-state index is 4.51. The fourth-order valence-corrected chi connectivity index (χ4v) is 3.36. The van der Waals surface area contributed by atoms with Gasteiger partial charge in [0.25, 0.3) is 0 Å². The molecular weight excluding hydrogens is 306 g/mol. The Morgan fingerprint density at radius 1 is 0.640 bits per heavy atom. The largest absolute Gasteiger partial charge is 0.343 e. The van der Waals surface area contributed by atoms with Crippen molar-refractivity contribution in [3.8, 4) is 0 Å². The Bertz CT molecular complexity index is 1110. The molecule has 1 unspecified atom stereocenters. The lowest BCUT2D eigenvalue weighted by Gasteiger charge is -2.13. The zero-order valence-corrected chi connectivity index (χ0v) is 13.6. The molecule has 4 aromatic carbocycles. The minimum absolute atomic E-state index is 0.00826. The van der Waals surface area contributed by atoms with Gasteiger partial charge < -0.3 is 5.32 Å². The van der Waals surface area contributed by atoms with Crippen molar-refractivity contribution in [2.24, 2.45) is 5.10 Å². The van der Waals surface area contributed by atoms with Gasteiger partial charge in [0.15, 0.2) is 5.84 Å². The zero-order chi connectivity index (χ0) is 16.6. The number of amidine groups is 1. The topological polar surface area (TPSA) is 36.4 Å². The van der Waals surface area contributed by atoms with E-state index in [0.717, 1.165) is 11.4 Å². The molecule has 1 aliphatic heterocycles. The SMILES string of the molecule is c1ccc2cc(C3=NNC(c4ccc5ccccc5c4)N3)ccc2c1. The summed E-state index contributed by atoms with van der Waals surface area (Å²) < 4.78 is 0. The average Bonchev–Trinajstić information content (AvgIpc) is 3.17. The van der Waals surface area contributed by atoms with Crippen LogP contribution in [0.2, 0.25) is 0 Å². The lowest BCUT2D eigenvalue weighted by molar-refractivity contribution is 0.575. The van der Waals surface area contributed by atoms with Gasteiger partial charge in [0.2, 0.25) is 0 Å². The van der Waals surface area contributed by atoms with Gasteiger partial charge in [-0.05, 0) is 39.2 Å². The van der Waals surface area contributed by atoms with Crippen LogP contribution in [-0.4, -0.2) is 5.84 Å². The first kappa shape index (κ1) is 14.1. The molecule has 0 saturated carbocycles. The molecule has 0 fully saturated rings. The summed E-state index contributed by atoms with van der Waals surface area (Å²) in [5, 5.41) is 12.9. The van der Waals surface area contributed by atoms with Gasteiger partial charge in [0.1, 0.15) is 6.17 Å². The first-order valence-electron chi connectivity index (χ1n) is 8.44. The van der Waals surface area contributed by atoms with E-state index in [-0.39, 0.29) is 6.17 Å². The second-order valence-electron chi connectivity index (χ2n) is 6.34. The van der Waals surface area contributed by atoms with Gasteiger partial charge in [0, 0.05) is 5.56 Å². The molecule has 0 spiro atoms. The van der Waals surface area contributed by atoms with E-state index in [2.05, 4.69) is 101 Å². The molecule has 120 valence electrons. The van der Waals surface area contributed by atoms with Crippen LogP contribution in [0.1, 0.15) is 17.3 Å². The molecule has 0 radical (unpaired) electrons. The molecule has 0 aliphatic carbocycles. The predicted octanol–water partition coefficient (Wildman–Crippen LogP) is 4.55. The highest BCUT2D eigenvalue weighted by Gasteiger charge is 2.20. The van der Waals surface area contributed by atoms with Gasteiger partial charge in [-0.15, -0.1) is 0 Å². The highest BCUT2D eigenvalue weighted by molar-refractivity contribution is 6.02. The Hall–Kier alpha value is -3.33. The highest BCUT2D eigenvalue weighted by Crippen LogP contribution is 2.22. The van der Waals surface area contributed by atoms with E-state index >= 15 is 0 Å². The monoisotopic (exact) mass is 323 g/mol. The second kappa shape index (κ2) is 5.64. The first-order valence-corrected chi connectivity index (χ1v) is 8.44. The van der Waals surface area contributed by atoms with Crippen molar-refractivity contribution in [1.82, 2.24) is 10.7 Å². The van der Waals surface area contributed by atoms with Crippen molar-refractivity contribution in [2.45, 2.75) is 6.17 Å². The summed E-state index contributed by atoms with van der Waals surface area (Å²) in [4.78, 5) is 0. The lowest BCUT2D eigenvalue weighted by Crippen LogP contribution is -2.27. The van der Waals surface area contributed by atoms with Gasteiger partial charge in [-0.25, -0.2) is 0 Å². The third-order valence-corrected chi connectivity index (χ3v) is 4.72. The molecule has 4 aromatic rings. The number of hydrogen-bond acceptors (Lipinski definition) is 3. The van der Waals surface area contributed by atoms with E-state index in [1.807, 2.05) is 0 Å². The van der Waals surface area contributed by atoms with Crippen molar-refractivity contribution in [1.29, 1.82) is 0 Å². The van der Waals surface area contributed by atoms with Crippen LogP contribution in [0.3, 0.4) is 0 Å². The molecule has 3 nitrogen and oxygen atoms in total. The number of fused-ring (bicyclic) bond motifs is 2. The molecule has 0 saturated heterocycles. The molecule has 1 heterocycles. The number of hydrogen-bond donors (Lipinski definition) is 2. The number of nitrogens with zero attached hydrogens (tertiary/aromatic N) is 1. The second-order valence-corrected chi connectivity index (χ2v) is 6.34. The molecule has 25 heavy (non-hydrogen) atoms. The minimum Gasteiger partial charge on any atom is -0.343 e. The van der Waals surface area contributed by atoms with E-state index < -0.39 is 0 Å². The standard InChI is InChI=1S/C22H17N3/c1-3-7-17-13-19(11-9-15(17)5-1)21-23-22(25-24-21)20-12-10-16-6-2-4-8-18(16)14-20/h1-14,21,24H,(H,23,25).